The van der Waals surface area contributed by atoms with E-state index in [1.807, 2.05) is 36.9 Å². The van der Waals surface area contributed by atoms with Crippen LogP contribution >= 0.6 is 12.4 Å². The number of halogens is 1. The molecule has 1 N–H and O–H groups in total. The first-order valence-electron chi connectivity index (χ1n) is 10.1. The summed E-state index contributed by atoms with van der Waals surface area (Å²) in [7, 11) is -3.79. The van der Waals surface area contributed by atoms with Gasteiger partial charge in [-0.25, -0.2) is 8.42 Å². The first-order chi connectivity index (χ1) is 14.6. The molecular weight excluding hydrogens is 450 g/mol. The van der Waals surface area contributed by atoms with Crippen LogP contribution in [-0.2, 0) is 14.6 Å². The van der Waals surface area contributed by atoms with E-state index in [0.717, 1.165) is 11.1 Å². The van der Waals surface area contributed by atoms with E-state index in [0.29, 0.717) is 31.1 Å². The van der Waals surface area contributed by atoms with Crippen LogP contribution in [0.15, 0.2) is 47.4 Å². The minimum absolute atomic E-state index is 0. The molecule has 0 unspecified atom stereocenters. The summed E-state index contributed by atoms with van der Waals surface area (Å²) in [6.45, 7) is 5.38. The number of carboxylic acids is 1. The maximum atomic E-state index is 13.0. The number of hydrogen-bond donors (Lipinski definition) is 1. The van der Waals surface area contributed by atoms with Crippen LogP contribution < -0.4 is 4.74 Å². The van der Waals surface area contributed by atoms with Gasteiger partial charge in [0.2, 0.25) is 0 Å². The highest BCUT2D eigenvalue weighted by molar-refractivity contribution is 7.91. The minimum Gasteiger partial charge on any atom is -0.481 e. The first-order valence-corrected chi connectivity index (χ1v) is 11.8. The third kappa shape index (κ3) is 5.83. The number of piperidine rings is 1. The van der Waals surface area contributed by atoms with Crippen molar-refractivity contribution in [3.63, 3.8) is 0 Å². The summed E-state index contributed by atoms with van der Waals surface area (Å²) in [6.07, 6.45) is 5.82. The fourth-order valence-corrected chi connectivity index (χ4v) is 5.62. The number of ether oxygens (including phenoxy) is 1. The number of hydrogen-bond acceptors (Lipinski definition) is 5. The topological polar surface area (TPSA) is 83.9 Å². The lowest BCUT2D eigenvalue weighted by molar-refractivity contribution is -0.150. The molecule has 0 amide bonds. The van der Waals surface area contributed by atoms with Gasteiger partial charge >= 0.3 is 5.97 Å². The van der Waals surface area contributed by atoms with Gasteiger partial charge in [0, 0.05) is 13.1 Å². The second kappa shape index (κ2) is 10.4. The Balaban J connectivity index is 0.00000363. The molecule has 1 aliphatic rings. The number of likely N-dealkylation sites (tertiary alicyclic amines) is 1. The molecule has 8 heteroatoms. The molecule has 0 spiro atoms. The first kappa shape index (κ1) is 25.7. The average molecular weight is 478 g/mol. The summed E-state index contributed by atoms with van der Waals surface area (Å²) >= 11 is 0. The summed E-state index contributed by atoms with van der Waals surface area (Å²) in [4.78, 5) is 14.1. The van der Waals surface area contributed by atoms with Crippen LogP contribution in [0.3, 0.4) is 0 Å². The van der Waals surface area contributed by atoms with Gasteiger partial charge in [-0.2, -0.15) is 0 Å². The lowest BCUT2D eigenvalue weighted by Gasteiger charge is -2.37. The Morgan fingerprint density at radius 2 is 1.69 bits per heavy atom. The summed E-state index contributed by atoms with van der Waals surface area (Å²) in [5.41, 5.74) is 0.952. The van der Waals surface area contributed by atoms with Gasteiger partial charge in [0.15, 0.2) is 9.84 Å². The van der Waals surface area contributed by atoms with Gasteiger partial charge in [-0.3, -0.25) is 9.69 Å². The fraction of sp³-hybridized carbons (Fsp3) is 0.375. The van der Waals surface area contributed by atoms with Gasteiger partial charge in [0.1, 0.15) is 11.5 Å². The largest absolute Gasteiger partial charge is 0.481 e. The summed E-state index contributed by atoms with van der Waals surface area (Å²) in [5.74, 6) is 2.21. The number of nitrogens with zero attached hydrogens (tertiary/aromatic N) is 1. The number of benzene rings is 2. The van der Waals surface area contributed by atoms with Crippen LogP contribution in [0.1, 0.15) is 24.0 Å². The van der Waals surface area contributed by atoms with E-state index in [-0.39, 0.29) is 30.1 Å². The number of aryl methyl sites for hydroxylation is 2. The maximum Gasteiger partial charge on any atom is 0.310 e. The number of aliphatic carboxylic acids is 1. The smallest absolute Gasteiger partial charge is 0.310 e. The van der Waals surface area contributed by atoms with Crippen molar-refractivity contribution in [3.8, 4) is 23.8 Å². The summed E-state index contributed by atoms with van der Waals surface area (Å²) in [6, 6.07) is 11.8. The van der Waals surface area contributed by atoms with Gasteiger partial charge in [0.25, 0.3) is 0 Å². The van der Waals surface area contributed by atoms with Gasteiger partial charge in [-0.05, 0) is 74.2 Å². The standard InChI is InChI=1S/C24H27NO5S.ClH/c1-4-13-25-14-11-24(12-15-25,23(26)27)17-31(28,29)22-9-7-20(8-10-22)30-21-6-5-18(2)19(3)16-21;/h1,5-10,16H,11-15,17H2,2-3H3,(H,26,27);1H. The molecule has 1 aliphatic heterocycles. The highest BCUT2D eigenvalue weighted by atomic mass is 35.5. The summed E-state index contributed by atoms with van der Waals surface area (Å²) in [5, 5.41) is 9.82. The molecule has 0 radical (unpaired) electrons. The van der Waals surface area contributed by atoms with Gasteiger partial charge in [-0.15, -0.1) is 18.8 Å². The Hall–Kier alpha value is -2.53. The molecule has 2 aromatic carbocycles. The Kier molecular flexibility index (Phi) is 8.35. The van der Waals surface area contributed by atoms with E-state index in [1.165, 1.54) is 12.1 Å². The van der Waals surface area contributed by atoms with Gasteiger partial charge < -0.3 is 9.84 Å². The van der Waals surface area contributed by atoms with Crippen LogP contribution in [0.25, 0.3) is 0 Å². The predicted molar refractivity (Wildman–Crippen MR) is 126 cm³/mol. The number of carboxylic acid groups (broad SMARTS) is 1. The van der Waals surface area contributed by atoms with E-state index in [2.05, 4.69) is 5.92 Å². The monoisotopic (exact) mass is 477 g/mol. The molecule has 0 aliphatic carbocycles. The van der Waals surface area contributed by atoms with Crippen LogP contribution in [0.2, 0.25) is 0 Å². The Morgan fingerprint density at radius 1 is 1.09 bits per heavy atom. The average Bonchev–Trinajstić information content (AvgIpc) is 2.72. The van der Waals surface area contributed by atoms with Crippen molar-refractivity contribution in [1.29, 1.82) is 0 Å². The zero-order valence-corrected chi connectivity index (χ0v) is 19.8. The minimum atomic E-state index is -3.79. The highest BCUT2D eigenvalue weighted by Crippen LogP contribution is 2.35. The van der Waals surface area contributed by atoms with Crippen molar-refractivity contribution >= 4 is 28.2 Å². The van der Waals surface area contributed by atoms with E-state index >= 15 is 0 Å². The van der Waals surface area contributed by atoms with Crippen molar-refractivity contribution in [2.45, 2.75) is 31.6 Å². The van der Waals surface area contributed by atoms with Crippen molar-refractivity contribution < 1.29 is 23.1 Å². The number of sulfone groups is 1. The SMILES string of the molecule is C#CCN1CCC(CS(=O)(=O)c2ccc(Oc3ccc(C)c(C)c3)cc2)(C(=O)O)CC1.Cl. The third-order valence-corrected chi connectivity index (χ3v) is 7.87. The van der Waals surface area contributed by atoms with Crippen molar-refractivity contribution in [2.24, 2.45) is 5.41 Å². The highest BCUT2D eigenvalue weighted by Gasteiger charge is 2.45. The van der Waals surface area contributed by atoms with Crippen molar-refractivity contribution in [1.82, 2.24) is 4.90 Å². The number of rotatable bonds is 7. The molecule has 0 saturated carbocycles. The molecular formula is C24H28ClNO5S. The third-order valence-electron chi connectivity index (χ3n) is 5.94. The molecule has 3 rings (SSSR count). The van der Waals surface area contributed by atoms with Crippen LogP contribution in [0, 0.1) is 31.6 Å². The number of carbonyl (C=O) groups is 1. The molecule has 6 nitrogen and oxygen atoms in total. The van der Waals surface area contributed by atoms with E-state index in [4.69, 9.17) is 11.2 Å². The zero-order valence-electron chi connectivity index (χ0n) is 18.2. The molecule has 32 heavy (non-hydrogen) atoms. The van der Waals surface area contributed by atoms with Crippen LogP contribution in [0.5, 0.6) is 11.5 Å². The summed E-state index contributed by atoms with van der Waals surface area (Å²) < 4.78 is 31.9. The molecule has 1 saturated heterocycles. The second-order valence-corrected chi connectivity index (χ2v) is 10.1. The molecule has 1 heterocycles. The normalized spacial score (nSPS) is 15.9. The lowest BCUT2D eigenvalue weighted by atomic mass is 9.80. The Morgan fingerprint density at radius 3 is 2.22 bits per heavy atom. The zero-order chi connectivity index (χ0) is 22.6. The van der Waals surface area contributed by atoms with Crippen LogP contribution in [0.4, 0.5) is 0 Å². The molecule has 172 valence electrons. The van der Waals surface area contributed by atoms with Gasteiger partial charge in [0.05, 0.1) is 22.6 Å². The van der Waals surface area contributed by atoms with Crippen molar-refractivity contribution in [3.05, 3.63) is 53.6 Å². The predicted octanol–water partition coefficient (Wildman–Crippen LogP) is 4.09. The van der Waals surface area contributed by atoms with Gasteiger partial charge in [-0.1, -0.05) is 12.0 Å². The second-order valence-electron chi connectivity index (χ2n) is 8.14. The Bertz CT molecular complexity index is 1100. The van der Waals surface area contributed by atoms with E-state index < -0.39 is 27.0 Å². The van der Waals surface area contributed by atoms with E-state index in [9.17, 15) is 18.3 Å². The molecule has 1 fully saturated rings. The molecule has 0 aromatic heterocycles. The molecule has 0 atom stereocenters. The maximum absolute atomic E-state index is 13.0. The number of terminal acetylenes is 1. The van der Waals surface area contributed by atoms with E-state index in [1.54, 1.807) is 12.1 Å². The lowest BCUT2D eigenvalue weighted by Crippen LogP contribution is -2.48. The fourth-order valence-electron chi connectivity index (χ4n) is 3.76. The quantitative estimate of drug-likeness (QED) is 0.604. The molecule has 2 aromatic rings. The van der Waals surface area contributed by atoms with Crippen molar-refractivity contribution in [2.75, 3.05) is 25.4 Å². The molecule has 0 bridgehead atoms. The Labute approximate surface area is 195 Å². The van der Waals surface area contributed by atoms with Crippen LogP contribution in [-0.4, -0.2) is 49.8 Å².